The minimum atomic E-state index is -0.453. The first kappa shape index (κ1) is 10.4. The maximum Gasteiger partial charge on any atom is 0.347 e. The van der Waals surface area contributed by atoms with E-state index < -0.39 is 4.92 Å². The summed E-state index contributed by atoms with van der Waals surface area (Å²) in [5.41, 5.74) is 6.02. The Labute approximate surface area is 81.7 Å². The van der Waals surface area contributed by atoms with Crippen molar-refractivity contribution in [3.8, 4) is 0 Å². The van der Waals surface area contributed by atoms with Gasteiger partial charge in [-0.05, 0) is 0 Å². The number of pyridine rings is 1. The Morgan fingerprint density at radius 3 is 2.50 bits per heavy atom. The average Bonchev–Trinajstić information content (AvgIpc) is 2.01. The second-order valence-corrected chi connectivity index (χ2v) is 3.87. The number of hydrogen-bond acceptors (Lipinski definition) is 4. The maximum atomic E-state index is 10.7. The molecular formula is C8H13N4O2+. The van der Waals surface area contributed by atoms with Crippen molar-refractivity contribution < 1.29 is 4.92 Å². The van der Waals surface area contributed by atoms with E-state index in [1.54, 1.807) is 0 Å². The van der Waals surface area contributed by atoms with Gasteiger partial charge >= 0.3 is 5.69 Å². The zero-order valence-electron chi connectivity index (χ0n) is 8.39. The first-order valence-electron chi connectivity index (χ1n) is 4.04. The van der Waals surface area contributed by atoms with E-state index in [-0.39, 0.29) is 5.69 Å². The van der Waals surface area contributed by atoms with Gasteiger partial charge < -0.3 is 5.73 Å². The quantitative estimate of drug-likeness (QED) is 0.431. The molecule has 0 saturated carbocycles. The highest BCUT2D eigenvalue weighted by atomic mass is 16.6. The molecule has 0 amide bonds. The normalized spacial score (nSPS) is 11.4. The molecule has 0 atom stereocenters. The van der Waals surface area contributed by atoms with Gasteiger partial charge in [0, 0.05) is 6.07 Å². The summed E-state index contributed by atoms with van der Waals surface area (Å²) < 4.78 is 0.336. The number of rotatable bonds is 2. The lowest BCUT2D eigenvalue weighted by Crippen LogP contribution is -2.35. The van der Waals surface area contributed by atoms with Gasteiger partial charge in [0.1, 0.15) is 12.0 Å². The third-order valence-corrected chi connectivity index (χ3v) is 1.80. The Balaban J connectivity index is 3.38. The number of quaternary nitrogens is 1. The third-order valence-electron chi connectivity index (χ3n) is 1.80. The minimum Gasteiger partial charge on any atom is -0.384 e. The van der Waals surface area contributed by atoms with E-state index in [1.807, 2.05) is 21.1 Å². The highest BCUT2D eigenvalue weighted by Gasteiger charge is 2.26. The van der Waals surface area contributed by atoms with Gasteiger partial charge in [0.05, 0.1) is 26.1 Å². The van der Waals surface area contributed by atoms with Gasteiger partial charge in [0.15, 0.2) is 0 Å². The van der Waals surface area contributed by atoms with Crippen LogP contribution in [0.3, 0.4) is 0 Å². The van der Waals surface area contributed by atoms with Crippen molar-refractivity contribution in [1.29, 1.82) is 0 Å². The lowest BCUT2D eigenvalue weighted by atomic mass is 10.3. The fourth-order valence-corrected chi connectivity index (χ4v) is 1.13. The molecule has 1 aromatic heterocycles. The van der Waals surface area contributed by atoms with Gasteiger partial charge in [-0.1, -0.05) is 0 Å². The Morgan fingerprint density at radius 1 is 1.50 bits per heavy atom. The van der Waals surface area contributed by atoms with E-state index in [2.05, 4.69) is 4.98 Å². The summed E-state index contributed by atoms with van der Waals surface area (Å²) in [6, 6.07) is 1.53. The van der Waals surface area contributed by atoms with E-state index in [1.165, 1.54) is 12.3 Å². The summed E-state index contributed by atoms with van der Waals surface area (Å²) >= 11 is 0. The average molecular weight is 197 g/mol. The van der Waals surface area contributed by atoms with Crippen molar-refractivity contribution in [3.63, 3.8) is 0 Å². The molecule has 14 heavy (non-hydrogen) atoms. The standard InChI is InChI=1S/C8H13N4O2/c1-12(2,3)7-4-8(9)10-5-6(7)11(13)14/h4-5H,1-3H3,(H2,9,10)/q+1. The van der Waals surface area contributed by atoms with Gasteiger partial charge in [0.25, 0.3) is 0 Å². The van der Waals surface area contributed by atoms with E-state index >= 15 is 0 Å². The predicted molar refractivity (Wildman–Crippen MR) is 54.9 cm³/mol. The molecular weight excluding hydrogens is 184 g/mol. The highest BCUT2D eigenvalue weighted by molar-refractivity contribution is 5.62. The summed E-state index contributed by atoms with van der Waals surface area (Å²) in [5, 5.41) is 10.7. The fourth-order valence-electron chi connectivity index (χ4n) is 1.13. The summed E-state index contributed by atoms with van der Waals surface area (Å²) in [7, 11) is 5.51. The summed E-state index contributed by atoms with van der Waals surface area (Å²) in [4.78, 5) is 13.9. The van der Waals surface area contributed by atoms with Crippen molar-refractivity contribution in [2.24, 2.45) is 0 Å². The lowest BCUT2D eigenvalue weighted by molar-refractivity contribution is -0.384. The Kier molecular flexibility index (Phi) is 2.39. The number of nitro groups is 1. The van der Waals surface area contributed by atoms with Gasteiger partial charge in [-0.2, -0.15) is 0 Å². The summed E-state index contributed by atoms with van der Waals surface area (Å²) in [6.07, 6.45) is 1.19. The summed E-state index contributed by atoms with van der Waals surface area (Å²) in [6.45, 7) is 0. The maximum absolute atomic E-state index is 10.7. The molecule has 0 spiro atoms. The van der Waals surface area contributed by atoms with Crippen LogP contribution in [0.25, 0.3) is 0 Å². The van der Waals surface area contributed by atoms with Crippen molar-refractivity contribution in [1.82, 2.24) is 9.47 Å². The van der Waals surface area contributed by atoms with Crippen LogP contribution in [-0.2, 0) is 0 Å². The molecule has 0 saturated heterocycles. The van der Waals surface area contributed by atoms with Crippen LogP contribution in [-0.4, -0.2) is 31.1 Å². The number of nitrogens with two attached hydrogens (primary N) is 1. The Morgan fingerprint density at radius 2 is 2.07 bits per heavy atom. The minimum absolute atomic E-state index is 0.00769. The predicted octanol–water partition coefficient (Wildman–Crippen LogP) is 0.769. The van der Waals surface area contributed by atoms with Crippen molar-refractivity contribution in [2.75, 3.05) is 26.9 Å². The SMILES string of the molecule is C[N+](C)(C)c1cc(N)ncc1[N+](=O)[O-]. The van der Waals surface area contributed by atoms with Crippen LogP contribution in [0.4, 0.5) is 17.2 Å². The van der Waals surface area contributed by atoms with Crippen LogP contribution in [0, 0.1) is 10.1 Å². The smallest absolute Gasteiger partial charge is 0.347 e. The Bertz CT molecular complexity index is 370. The number of aromatic nitrogens is 1. The van der Waals surface area contributed by atoms with Crippen LogP contribution in [0.2, 0.25) is 0 Å². The van der Waals surface area contributed by atoms with Gasteiger partial charge in [-0.25, -0.2) is 4.98 Å². The third kappa shape index (κ3) is 1.97. The van der Waals surface area contributed by atoms with Gasteiger partial charge in [0.2, 0.25) is 5.69 Å². The first-order chi connectivity index (χ1) is 6.32. The van der Waals surface area contributed by atoms with Crippen molar-refractivity contribution >= 4 is 17.2 Å². The molecule has 0 bridgehead atoms. The fraction of sp³-hybridized carbons (Fsp3) is 0.375. The number of anilines is 1. The second kappa shape index (κ2) is 3.22. The molecule has 76 valence electrons. The van der Waals surface area contributed by atoms with Crippen LogP contribution < -0.4 is 10.2 Å². The van der Waals surface area contributed by atoms with E-state index in [9.17, 15) is 10.1 Å². The monoisotopic (exact) mass is 197 g/mol. The van der Waals surface area contributed by atoms with Crippen LogP contribution in [0.1, 0.15) is 0 Å². The molecule has 1 heterocycles. The first-order valence-corrected chi connectivity index (χ1v) is 4.04. The zero-order valence-corrected chi connectivity index (χ0v) is 8.39. The molecule has 1 aromatic rings. The van der Waals surface area contributed by atoms with E-state index in [0.29, 0.717) is 16.0 Å². The van der Waals surface area contributed by atoms with Crippen LogP contribution >= 0.6 is 0 Å². The molecule has 0 aromatic carbocycles. The second-order valence-electron chi connectivity index (χ2n) is 3.87. The zero-order chi connectivity index (χ0) is 10.9. The number of hydrogen-bond donors (Lipinski definition) is 1. The molecule has 1 rings (SSSR count). The molecule has 6 heteroatoms. The van der Waals surface area contributed by atoms with Crippen LogP contribution in [0.5, 0.6) is 0 Å². The molecule has 0 aliphatic heterocycles. The van der Waals surface area contributed by atoms with E-state index in [4.69, 9.17) is 5.73 Å². The largest absolute Gasteiger partial charge is 0.384 e. The topological polar surface area (TPSA) is 82.0 Å². The van der Waals surface area contributed by atoms with Crippen molar-refractivity contribution in [3.05, 3.63) is 22.4 Å². The molecule has 6 nitrogen and oxygen atoms in total. The number of nitrogens with zero attached hydrogens (tertiary/aromatic N) is 3. The lowest BCUT2D eigenvalue weighted by Gasteiger charge is -2.22. The highest BCUT2D eigenvalue weighted by Crippen LogP contribution is 2.30. The van der Waals surface area contributed by atoms with Gasteiger partial charge in [-0.15, -0.1) is 0 Å². The van der Waals surface area contributed by atoms with Crippen molar-refractivity contribution in [2.45, 2.75) is 0 Å². The summed E-state index contributed by atoms with van der Waals surface area (Å²) in [5.74, 6) is 0.290. The van der Waals surface area contributed by atoms with E-state index in [0.717, 1.165) is 0 Å². The molecule has 0 unspecified atom stereocenters. The van der Waals surface area contributed by atoms with Crippen LogP contribution in [0.15, 0.2) is 12.3 Å². The molecule has 2 N–H and O–H groups in total. The molecule has 0 aliphatic rings. The molecule has 0 radical (unpaired) electrons. The number of nitrogen functional groups attached to an aromatic ring is 1. The van der Waals surface area contributed by atoms with Gasteiger partial charge in [-0.3, -0.25) is 14.6 Å². The molecule has 0 fully saturated rings. The Hall–Kier alpha value is -1.69. The molecule has 0 aliphatic carbocycles.